The van der Waals surface area contributed by atoms with Crippen LogP contribution >= 0.6 is 31.9 Å². The van der Waals surface area contributed by atoms with Gasteiger partial charge in [0.25, 0.3) is 0 Å². The van der Waals surface area contributed by atoms with E-state index in [0.717, 1.165) is 14.5 Å². The Balaban J connectivity index is 2.50. The third-order valence-electron chi connectivity index (χ3n) is 2.54. The van der Waals surface area contributed by atoms with Gasteiger partial charge in [0.1, 0.15) is 17.0 Å². The summed E-state index contributed by atoms with van der Waals surface area (Å²) in [6.45, 7) is 3.76. The van der Waals surface area contributed by atoms with E-state index < -0.39 is 5.97 Å². The highest BCUT2D eigenvalue weighted by Crippen LogP contribution is 2.31. The summed E-state index contributed by atoms with van der Waals surface area (Å²) in [4.78, 5) is 11.9. The monoisotopic (exact) mass is 387 g/mol. The number of carbonyl (C=O) groups excluding carboxylic acids is 1. The van der Waals surface area contributed by atoms with Crippen molar-refractivity contribution in [1.29, 1.82) is 0 Å². The first-order valence-electron chi connectivity index (χ1n) is 5.63. The fraction of sp³-hybridized carbons (Fsp3) is 0.231. The zero-order valence-electron chi connectivity index (χ0n) is 10.4. The van der Waals surface area contributed by atoms with Crippen molar-refractivity contribution in [3.05, 3.63) is 38.5 Å². The molecule has 0 N–H and O–H groups in total. The van der Waals surface area contributed by atoms with Gasteiger partial charge >= 0.3 is 5.97 Å². The van der Waals surface area contributed by atoms with Gasteiger partial charge in [0.15, 0.2) is 0 Å². The highest BCUT2D eigenvalue weighted by Gasteiger charge is 2.22. The van der Waals surface area contributed by atoms with Crippen LogP contribution in [0.4, 0.5) is 0 Å². The molecule has 6 heteroatoms. The van der Waals surface area contributed by atoms with E-state index in [1.54, 1.807) is 13.8 Å². The Morgan fingerprint density at radius 2 is 2.11 bits per heavy atom. The Bertz CT molecular complexity index is 622. The number of esters is 1. The summed E-state index contributed by atoms with van der Waals surface area (Å²) in [5, 5.41) is 3.95. The molecule has 100 valence electrons. The number of benzene rings is 1. The molecule has 0 atom stereocenters. The quantitative estimate of drug-likeness (QED) is 0.733. The van der Waals surface area contributed by atoms with E-state index in [2.05, 4.69) is 37.0 Å². The zero-order valence-corrected chi connectivity index (χ0v) is 13.5. The molecule has 0 spiro atoms. The van der Waals surface area contributed by atoms with E-state index in [1.807, 2.05) is 18.2 Å². The molecular weight excluding hydrogens is 378 g/mol. The molecule has 0 fully saturated rings. The summed E-state index contributed by atoms with van der Waals surface area (Å²) in [5.74, 6) is 0.0304. The number of carbonyl (C=O) groups is 1. The van der Waals surface area contributed by atoms with E-state index >= 15 is 0 Å². The molecule has 1 aromatic heterocycles. The summed E-state index contributed by atoms with van der Waals surface area (Å²) in [6, 6.07) is 5.59. The number of aromatic nitrogens is 1. The molecule has 0 unspecified atom stereocenters. The number of halogens is 2. The summed E-state index contributed by atoms with van der Waals surface area (Å²) in [7, 11) is 0. The summed E-state index contributed by atoms with van der Waals surface area (Å²) in [5.41, 5.74) is 1.65. The van der Waals surface area contributed by atoms with Crippen LogP contribution in [0.25, 0.3) is 11.3 Å². The van der Waals surface area contributed by atoms with Crippen LogP contribution in [0.2, 0.25) is 0 Å². The first kappa shape index (κ1) is 14.3. The third kappa shape index (κ3) is 2.90. The van der Waals surface area contributed by atoms with Crippen molar-refractivity contribution < 1.29 is 14.1 Å². The van der Waals surface area contributed by atoms with Crippen molar-refractivity contribution in [1.82, 2.24) is 5.16 Å². The maximum atomic E-state index is 11.9. The van der Waals surface area contributed by atoms with Crippen LogP contribution in [-0.2, 0) is 4.74 Å². The minimum atomic E-state index is -0.421. The first-order chi connectivity index (χ1) is 9.04. The van der Waals surface area contributed by atoms with Crippen LogP contribution in [0.3, 0.4) is 0 Å². The van der Waals surface area contributed by atoms with E-state index in [9.17, 15) is 4.79 Å². The predicted molar refractivity (Wildman–Crippen MR) is 78.0 cm³/mol. The molecule has 0 bridgehead atoms. The molecule has 2 rings (SSSR count). The van der Waals surface area contributed by atoms with Crippen LogP contribution in [-0.4, -0.2) is 17.7 Å². The highest BCUT2D eigenvalue weighted by atomic mass is 79.9. The highest BCUT2D eigenvalue weighted by molar-refractivity contribution is 9.13. The van der Waals surface area contributed by atoms with Crippen molar-refractivity contribution in [2.45, 2.75) is 13.8 Å². The minimum absolute atomic E-state index is 0.312. The Kier molecular flexibility index (Phi) is 4.42. The predicted octanol–water partition coefficient (Wildman–Crippen LogP) is 4.35. The van der Waals surface area contributed by atoms with Gasteiger partial charge in [-0.25, -0.2) is 4.79 Å². The largest absolute Gasteiger partial charge is 0.462 e. The minimum Gasteiger partial charge on any atom is -0.462 e. The lowest BCUT2D eigenvalue weighted by Crippen LogP contribution is -2.06. The van der Waals surface area contributed by atoms with Gasteiger partial charge in [0, 0.05) is 14.5 Å². The number of ether oxygens (including phenoxy) is 1. The molecule has 0 amide bonds. The summed E-state index contributed by atoms with van der Waals surface area (Å²) in [6.07, 6.45) is 0. The number of nitrogens with zero attached hydrogens (tertiary/aromatic N) is 1. The fourth-order valence-electron chi connectivity index (χ4n) is 1.66. The van der Waals surface area contributed by atoms with E-state index in [4.69, 9.17) is 9.26 Å². The van der Waals surface area contributed by atoms with Gasteiger partial charge in [-0.1, -0.05) is 11.2 Å². The van der Waals surface area contributed by atoms with Crippen LogP contribution < -0.4 is 0 Å². The molecule has 0 aliphatic carbocycles. The lowest BCUT2D eigenvalue weighted by atomic mass is 10.1. The molecule has 4 nitrogen and oxygen atoms in total. The van der Waals surface area contributed by atoms with Crippen molar-refractivity contribution in [2.24, 2.45) is 0 Å². The molecule has 2 aromatic rings. The SMILES string of the molecule is CCOC(=O)c1c(-c2ccc(Br)c(Br)c2)noc1C. The maximum Gasteiger partial charge on any atom is 0.344 e. The van der Waals surface area contributed by atoms with E-state index in [1.165, 1.54) is 0 Å². The van der Waals surface area contributed by atoms with Gasteiger partial charge in [-0.15, -0.1) is 0 Å². The lowest BCUT2D eigenvalue weighted by Gasteiger charge is -2.04. The van der Waals surface area contributed by atoms with Gasteiger partial charge in [0.05, 0.1) is 6.61 Å². The number of hydrogen-bond acceptors (Lipinski definition) is 4. The molecule has 1 heterocycles. The number of rotatable bonds is 3. The average Bonchev–Trinajstić information content (AvgIpc) is 2.75. The molecule has 19 heavy (non-hydrogen) atoms. The second-order valence-corrected chi connectivity index (χ2v) is 5.52. The van der Waals surface area contributed by atoms with Crippen LogP contribution in [0.5, 0.6) is 0 Å². The van der Waals surface area contributed by atoms with Crippen LogP contribution in [0.15, 0.2) is 31.7 Å². The summed E-state index contributed by atoms with van der Waals surface area (Å²) < 4.78 is 11.9. The lowest BCUT2D eigenvalue weighted by molar-refractivity contribution is 0.0525. The standard InChI is InChI=1S/C13H11Br2NO3/c1-3-18-13(17)11-7(2)19-16-12(11)8-4-5-9(14)10(15)6-8/h4-6H,3H2,1-2H3. The second kappa shape index (κ2) is 5.88. The molecule has 0 saturated carbocycles. The van der Waals surface area contributed by atoms with Gasteiger partial charge in [-0.3, -0.25) is 0 Å². The Morgan fingerprint density at radius 1 is 1.37 bits per heavy atom. The van der Waals surface area contributed by atoms with Gasteiger partial charge < -0.3 is 9.26 Å². The normalized spacial score (nSPS) is 10.5. The zero-order chi connectivity index (χ0) is 14.0. The summed E-state index contributed by atoms with van der Waals surface area (Å²) >= 11 is 6.82. The number of aryl methyl sites for hydroxylation is 1. The maximum absolute atomic E-state index is 11.9. The molecular formula is C13H11Br2NO3. The Labute approximate surface area is 127 Å². The van der Waals surface area contributed by atoms with Crippen LogP contribution in [0.1, 0.15) is 23.0 Å². The molecule has 1 aromatic carbocycles. The molecule has 0 radical (unpaired) electrons. The van der Waals surface area contributed by atoms with Crippen molar-refractivity contribution in [3.63, 3.8) is 0 Å². The molecule has 0 saturated heterocycles. The third-order valence-corrected chi connectivity index (χ3v) is 4.41. The van der Waals surface area contributed by atoms with Gasteiger partial charge in [0.2, 0.25) is 0 Å². The second-order valence-electron chi connectivity index (χ2n) is 3.81. The number of hydrogen-bond donors (Lipinski definition) is 0. The van der Waals surface area contributed by atoms with Crippen molar-refractivity contribution >= 4 is 37.8 Å². The average molecular weight is 389 g/mol. The van der Waals surface area contributed by atoms with Gasteiger partial charge in [-0.2, -0.15) is 0 Å². The molecule has 0 aliphatic heterocycles. The Hall–Kier alpha value is -1.14. The van der Waals surface area contributed by atoms with Crippen LogP contribution in [0, 0.1) is 6.92 Å². The van der Waals surface area contributed by atoms with Gasteiger partial charge in [-0.05, 0) is 57.8 Å². The topological polar surface area (TPSA) is 52.3 Å². The fourth-order valence-corrected chi connectivity index (χ4v) is 2.28. The van der Waals surface area contributed by atoms with Crippen molar-refractivity contribution in [2.75, 3.05) is 6.61 Å². The molecule has 0 aliphatic rings. The smallest absolute Gasteiger partial charge is 0.344 e. The van der Waals surface area contributed by atoms with E-state index in [-0.39, 0.29) is 0 Å². The first-order valence-corrected chi connectivity index (χ1v) is 7.22. The van der Waals surface area contributed by atoms with E-state index in [0.29, 0.717) is 23.6 Å². The van der Waals surface area contributed by atoms with Crippen molar-refractivity contribution in [3.8, 4) is 11.3 Å². The Morgan fingerprint density at radius 3 is 2.74 bits per heavy atom.